The Balaban J connectivity index is 1.86. The molecule has 2 rings (SSSR count). The van der Waals surface area contributed by atoms with Gasteiger partial charge in [0.1, 0.15) is 0 Å². The molecule has 0 radical (unpaired) electrons. The highest BCUT2D eigenvalue weighted by atomic mass is 32.1. The number of aromatic nitrogens is 2. The molecule has 0 aliphatic heterocycles. The van der Waals surface area contributed by atoms with Crippen LogP contribution in [0.15, 0.2) is 29.9 Å². The number of hydrogen-bond donors (Lipinski definition) is 1. The van der Waals surface area contributed by atoms with E-state index in [0.29, 0.717) is 6.54 Å². The number of carbonyl (C=O) groups is 1. The maximum atomic E-state index is 11.6. The standard InChI is InChI=1S/C12H16N4OS/c1-15(2)6-3-4-11(17)14-8-10-9-18-12-13-5-7-16(10)12/h3-5,7,9H,6,8H2,1-2H3,(H,14,17)/b4-3+. The number of nitrogens with zero attached hydrogens (tertiary/aromatic N) is 3. The minimum absolute atomic E-state index is 0.0729. The van der Waals surface area contributed by atoms with Crippen LogP contribution in [-0.2, 0) is 11.3 Å². The molecule has 0 unspecified atom stereocenters. The molecule has 1 N–H and O–H groups in total. The van der Waals surface area contributed by atoms with Crippen molar-refractivity contribution in [2.24, 2.45) is 0 Å². The Labute approximate surface area is 110 Å². The van der Waals surface area contributed by atoms with Crippen LogP contribution in [0, 0.1) is 0 Å². The fourth-order valence-corrected chi connectivity index (χ4v) is 2.36. The van der Waals surface area contributed by atoms with E-state index in [-0.39, 0.29) is 5.91 Å². The summed E-state index contributed by atoms with van der Waals surface area (Å²) in [7, 11) is 3.92. The zero-order chi connectivity index (χ0) is 13.0. The van der Waals surface area contributed by atoms with Gasteiger partial charge in [-0.3, -0.25) is 9.20 Å². The van der Waals surface area contributed by atoms with E-state index in [2.05, 4.69) is 10.3 Å². The molecule has 1 amide bonds. The fraction of sp³-hybridized carbons (Fsp3) is 0.333. The first kappa shape index (κ1) is 12.8. The summed E-state index contributed by atoms with van der Waals surface area (Å²) < 4.78 is 1.98. The summed E-state index contributed by atoms with van der Waals surface area (Å²) in [5.74, 6) is -0.0729. The van der Waals surface area contributed by atoms with Gasteiger partial charge in [-0.25, -0.2) is 4.98 Å². The van der Waals surface area contributed by atoms with Gasteiger partial charge in [0.15, 0.2) is 4.96 Å². The topological polar surface area (TPSA) is 49.6 Å². The predicted molar refractivity (Wildman–Crippen MR) is 72.6 cm³/mol. The van der Waals surface area contributed by atoms with E-state index in [1.807, 2.05) is 41.0 Å². The van der Waals surface area contributed by atoms with Crippen LogP contribution < -0.4 is 5.32 Å². The van der Waals surface area contributed by atoms with Crippen molar-refractivity contribution < 1.29 is 4.79 Å². The molecule has 0 bridgehead atoms. The Hall–Kier alpha value is -1.66. The van der Waals surface area contributed by atoms with Crippen molar-refractivity contribution in [1.82, 2.24) is 19.6 Å². The molecule has 18 heavy (non-hydrogen) atoms. The first-order valence-corrected chi connectivity index (χ1v) is 6.53. The van der Waals surface area contributed by atoms with Gasteiger partial charge in [0.25, 0.3) is 0 Å². The highest BCUT2D eigenvalue weighted by Crippen LogP contribution is 2.13. The van der Waals surface area contributed by atoms with Gasteiger partial charge < -0.3 is 10.2 Å². The number of nitrogens with one attached hydrogen (secondary N) is 1. The van der Waals surface area contributed by atoms with E-state index in [9.17, 15) is 4.79 Å². The number of amides is 1. The second-order valence-electron chi connectivity index (χ2n) is 4.19. The highest BCUT2D eigenvalue weighted by Gasteiger charge is 2.04. The number of carbonyl (C=O) groups excluding carboxylic acids is 1. The Morgan fingerprint density at radius 3 is 3.22 bits per heavy atom. The Kier molecular flexibility index (Phi) is 4.11. The van der Waals surface area contributed by atoms with Crippen LogP contribution in [0.3, 0.4) is 0 Å². The van der Waals surface area contributed by atoms with Crippen LogP contribution in [-0.4, -0.2) is 40.8 Å². The molecule has 0 aliphatic rings. The maximum Gasteiger partial charge on any atom is 0.244 e. The van der Waals surface area contributed by atoms with E-state index in [1.165, 1.54) is 0 Å². The average Bonchev–Trinajstić information content (AvgIpc) is 2.88. The number of rotatable bonds is 5. The lowest BCUT2D eigenvalue weighted by Gasteiger charge is -2.04. The first-order chi connectivity index (χ1) is 8.66. The van der Waals surface area contributed by atoms with Gasteiger partial charge >= 0.3 is 0 Å². The van der Waals surface area contributed by atoms with Crippen LogP contribution in [0.4, 0.5) is 0 Å². The summed E-state index contributed by atoms with van der Waals surface area (Å²) in [5, 5.41) is 4.86. The van der Waals surface area contributed by atoms with Crippen molar-refractivity contribution in [2.75, 3.05) is 20.6 Å². The molecule has 0 atom stereocenters. The Morgan fingerprint density at radius 2 is 2.44 bits per heavy atom. The minimum atomic E-state index is -0.0729. The summed E-state index contributed by atoms with van der Waals surface area (Å²) in [6.45, 7) is 1.28. The second kappa shape index (κ2) is 5.79. The van der Waals surface area contributed by atoms with Crippen molar-refractivity contribution >= 4 is 22.2 Å². The lowest BCUT2D eigenvalue weighted by Crippen LogP contribution is -2.21. The predicted octanol–water partition coefficient (Wildman–Crippen LogP) is 1.13. The zero-order valence-corrected chi connectivity index (χ0v) is 11.3. The van der Waals surface area contributed by atoms with Crippen molar-refractivity contribution in [3.05, 3.63) is 35.6 Å². The van der Waals surface area contributed by atoms with E-state index in [0.717, 1.165) is 17.2 Å². The molecule has 0 aromatic carbocycles. The Bertz CT molecular complexity index is 555. The van der Waals surface area contributed by atoms with E-state index in [1.54, 1.807) is 23.6 Å². The van der Waals surface area contributed by atoms with Gasteiger partial charge in [0.05, 0.1) is 12.2 Å². The van der Waals surface area contributed by atoms with E-state index < -0.39 is 0 Å². The van der Waals surface area contributed by atoms with Crippen LogP contribution in [0.2, 0.25) is 0 Å². The largest absolute Gasteiger partial charge is 0.347 e. The third-order valence-electron chi connectivity index (χ3n) is 2.40. The average molecular weight is 264 g/mol. The maximum absolute atomic E-state index is 11.6. The third kappa shape index (κ3) is 3.18. The molecule has 0 saturated carbocycles. The summed E-state index contributed by atoms with van der Waals surface area (Å²) in [4.78, 5) is 18.7. The van der Waals surface area contributed by atoms with Crippen LogP contribution in [0.25, 0.3) is 4.96 Å². The number of fused-ring (bicyclic) bond motifs is 1. The lowest BCUT2D eigenvalue weighted by atomic mass is 10.4. The van der Waals surface area contributed by atoms with Crippen LogP contribution in [0.1, 0.15) is 5.69 Å². The second-order valence-corrected chi connectivity index (χ2v) is 5.03. The summed E-state index contributed by atoms with van der Waals surface area (Å²) >= 11 is 1.57. The van der Waals surface area contributed by atoms with Crippen molar-refractivity contribution in [1.29, 1.82) is 0 Å². The van der Waals surface area contributed by atoms with Gasteiger partial charge in [0.2, 0.25) is 5.91 Å². The molecule has 2 aromatic rings. The highest BCUT2D eigenvalue weighted by molar-refractivity contribution is 7.15. The van der Waals surface area contributed by atoms with Gasteiger partial charge in [-0.05, 0) is 14.1 Å². The smallest absolute Gasteiger partial charge is 0.244 e. The van der Waals surface area contributed by atoms with Crippen LogP contribution in [0.5, 0.6) is 0 Å². The number of hydrogen-bond acceptors (Lipinski definition) is 4. The monoisotopic (exact) mass is 264 g/mol. The molecular weight excluding hydrogens is 248 g/mol. The normalized spacial score (nSPS) is 11.7. The fourth-order valence-electron chi connectivity index (χ4n) is 1.51. The number of imidazole rings is 1. The number of likely N-dealkylation sites (N-methyl/N-ethyl adjacent to an activating group) is 1. The molecule has 2 heterocycles. The van der Waals surface area contributed by atoms with Gasteiger partial charge in [-0.1, -0.05) is 6.08 Å². The van der Waals surface area contributed by atoms with E-state index in [4.69, 9.17) is 0 Å². The molecular formula is C12H16N4OS. The minimum Gasteiger partial charge on any atom is -0.347 e. The summed E-state index contributed by atoms with van der Waals surface area (Å²) in [6, 6.07) is 0. The quantitative estimate of drug-likeness (QED) is 0.824. The van der Waals surface area contributed by atoms with Crippen LogP contribution >= 0.6 is 11.3 Å². The van der Waals surface area contributed by atoms with E-state index >= 15 is 0 Å². The molecule has 0 aliphatic carbocycles. The SMILES string of the molecule is CN(C)C/C=C/C(=O)NCc1csc2nccn12. The zero-order valence-electron chi connectivity index (χ0n) is 10.5. The third-order valence-corrected chi connectivity index (χ3v) is 3.30. The molecule has 96 valence electrons. The molecule has 0 spiro atoms. The van der Waals surface area contributed by atoms with Crippen molar-refractivity contribution in [3.8, 4) is 0 Å². The van der Waals surface area contributed by atoms with Gasteiger partial charge in [0, 0.05) is 30.4 Å². The number of thiazole rings is 1. The molecule has 2 aromatic heterocycles. The lowest BCUT2D eigenvalue weighted by molar-refractivity contribution is -0.116. The molecule has 0 saturated heterocycles. The molecule has 6 heteroatoms. The van der Waals surface area contributed by atoms with Gasteiger partial charge in [-0.2, -0.15) is 0 Å². The first-order valence-electron chi connectivity index (χ1n) is 5.65. The summed E-state index contributed by atoms with van der Waals surface area (Å²) in [5.41, 5.74) is 1.04. The Morgan fingerprint density at radius 1 is 1.61 bits per heavy atom. The van der Waals surface area contributed by atoms with Crippen molar-refractivity contribution in [2.45, 2.75) is 6.54 Å². The van der Waals surface area contributed by atoms with Crippen molar-refractivity contribution in [3.63, 3.8) is 0 Å². The summed E-state index contributed by atoms with van der Waals surface area (Å²) in [6.07, 6.45) is 7.07. The molecule has 5 nitrogen and oxygen atoms in total. The molecule has 0 fully saturated rings. The van der Waals surface area contributed by atoms with Gasteiger partial charge in [-0.15, -0.1) is 11.3 Å².